The summed E-state index contributed by atoms with van der Waals surface area (Å²) in [5, 5.41) is 2.23. The monoisotopic (exact) mass is 119 g/mol. The average Bonchev–Trinajstić information content (AvgIpc) is 1.61. The molecule has 0 radical (unpaired) electrons. The summed E-state index contributed by atoms with van der Waals surface area (Å²) in [6.45, 7) is 3.54. The first-order chi connectivity index (χ1) is 3.63. The summed E-state index contributed by atoms with van der Waals surface area (Å²) in [6.07, 6.45) is -1.50. The molecule has 0 aromatic rings. The smallest absolute Gasteiger partial charge is 0.203 e. The number of nitrogens with two attached hydrogens (primary N) is 2. The van der Waals surface area contributed by atoms with Crippen LogP contribution in [-0.4, -0.2) is 13.0 Å². The van der Waals surface area contributed by atoms with Gasteiger partial charge in [0, 0.05) is 12.2 Å². The predicted molar refractivity (Wildman–Crippen MR) is 30.4 cm³/mol. The van der Waals surface area contributed by atoms with E-state index in [1.807, 2.05) is 0 Å². The fourth-order valence-electron chi connectivity index (χ4n) is 0.229. The van der Waals surface area contributed by atoms with E-state index in [1.165, 1.54) is 0 Å². The van der Waals surface area contributed by atoms with Crippen molar-refractivity contribution in [2.45, 2.75) is 6.42 Å². The lowest BCUT2D eigenvalue weighted by atomic mass is 10.5. The van der Waals surface area contributed by atoms with E-state index >= 15 is 0 Å². The van der Waals surface area contributed by atoms with Crippen LogP contribution in [0, 0.1) is 0 Å². The van der Waals surface area contributed by atoms with E-state index in [0.717, 1.165) is 0 Å². The van der Waals surface area contributed by atoms with Crippen molar-refractivity contribution in [3.05, 3.63) is 12.3 Å². The minimum Gasteiger partial charge on any atom is -0.401 e. The number of hydrogen-bond acceptors (Lipinski definition) is 3. The Morgan fingerprint density at radius 1 is 1.88 bits per heavy atom. The summed E-state index contributed by atoms with van der Waals surface area (Å²) in [4.78, 5) is 0. The SMILES string of the molecule is C=C(N)CNC(N)F. The topological polar surface area (TPSA) is 64.1 Å². The van der Waals surface area contributed by atoms with Gasteiger partial charge in [-0.1, -0.05) is 6.58 Å². The zero-order chi connectivity index (χ0) is 6.57. The Hall–Kier alpha value is -0.610. The molecule has 1 atom stereocenters. The Labute approximate surface area is 47.5 Å². The van der Waals surface area contributed by atoms with Crippen LogP contribution in [0.5, 0.6) is 0 Å². The highest BCUT2D eigenvalue weighted by Crippen LogP contribution is 1.74. The second kappa shape index (κ2) is 3.40. The van der Waals surface area contributed by atoms with Crippen molar-refractivity contribution < 1.29 is 4.39 Å². The molecule has 0 amide bonds. The number of alkyl halides is 1. The summed E-state index contributed by atoms with van der Waals surface area (Å²) >= 11 is 0. The molecule has 8 heavy (non-hydrogen) atoms. The summed E-state index contributed by atoms with van der Waals surface area (Å²) in [7, 11) is 0. The van der Waals surface area contributed by atoms with Gasteiger partial charge in [0.1, 0.15) is 0 Å². The maximum Gasteiger partial charge on any atom is 0.203 e. The predicted octanol–water partition coefficient (Wildman–Crippen LogP) is -0.740. The van der Waals surface area contributed by atoms with Gasteiger partial charge in [0.25, 0.3) is 0 Å². The fourth-order valence-corrected chi connectivity index (χ4v) is 0.229. The van der Waals surface area contributed by atoms with Crippen molar-refractivity contribution >= 4 is 0 Å². The van der Waals surface area contributed by atoms with Crippen LogP contribution in [-0.2, 0) is 0 Å². The number of rotatable bonds is 3. The van der Waals surface area contributed by atoms with Gasteiger partial charge in [-0.15, -0.1) is 0 Å². The Kier molecular flexibility index (Phi) is 3.14. The lowest BCUT2D eigenvalue weighted by Crippen LogP contribution is -2.35. The molecule has 48 valence electrons. The molecule has 0 fully saturated rings. The molecule has 3 nitrogen and oxygen atoms in total. The van der Waals surface area contributed by atoms with Crippen molar-refractivity contribution in [3.8, 4) is 0 Å². The van der Waals surface area contributed by atoms with E-state index in [-0.39, 0.29) is 6.54 Å². The summed E-state index contributed by atoms with van der Waals surface area (Å²) in [6, 6.07) is 0. The largest absolute Gasteiger partial charge is 0.401 e. The van der Waals surface area contributed by atoms with Gasteiger partial charge in [-0.3, -0.25) is 11.1 Å². The molecule has 5 N–H and O–H groups in total. The van der Waals surface area contributed by atoms with Gasteiger partial charge < -0.3 is 5.73 Å². The molecule has 0 rings (SSSR count). The van der Waals surface area contributed by atoms with Crippen LogP contribution in [0.4, 0.5) is 4.39 Å². The van der Waals surface area contributed by atoms with Gasteiger partial charge in [0.05, 0.1) is 0 Å². The van der Waals surface area contributed by atoms with Crippen LogP contribution < -0.4 is 16.8 Å². The van der Waals surface area contributed by atoms with E-state index in [2.05, 4.69) is 17.6 Å². The highest BCUT2D eigenvalue weighted by molar-refractivity contribution is 4.88. The Bertz CT molecular complexity index is 81.4. The lowest BCUT2D eigenvalue weighted by Gasteiger charge is -2.02. The standard InChI is InChI=1S/C4H10FN3/c1-3(6)2-8-4(5)7/h4,8H,1-2,6-7H2. The molecule has 0 spiro atoms. The van der Waals surface area contributed by atoms with E-state index in [4.69, 9.17) is 5.73 Å². The first-order valence-corrected chi connectivity index (χ1v) is 2.19. The van der Waals surface area contributed by atoms with Crippen LogP contribution in [0.15, 0.2) is 12.3 Å². The van der Waals surface area contributed by atoms with Crippen LogP contribution in [0.3, 0.4) is 0 Å². The molecule has 0 saturated heterocycles. The van der Waals surface area contributed by atoms with Crippen molar-refractivity contribution in [1.82, 2.24) is 5.32 Å². The van der Waals surface area contributed by atoms with Gasteiger partial charge in [-0.2, -0.15) is 0 Å². The first-order valence-electron chi connectivity index (χ1n) is 2.19. The van der Waals surface area contributed by atoms with Gasteiger partial charge in [0.2, 0.25) is 6.42 Å². The van der Waals surface area contributed by atoms with Gasteiger partial charge in [0.15, 0.2) is 0 Å². The van der Waals surface area contributed by atoms with Crippen LogP contribution >= 0.6 is 0 Å². The van der Waals surface area contributed by atoms with Crippen molar-refractivity contribution in [2.24, 2.45) is 11.5 Å². The van der Waals surface area contributed by atoms with E-state index < -0.39 is 6.42 Å². The van der Waals surface area contributed by atoms with Crippen LogP contribution in [0.1, 0.15) is 0 Å². The maximum absolute atomic E-state index is 11.6. The zero-order valence-electron chi connectivity index (χ0n) is 4.52. The number of nitrogens with one attached hydrogen (secondary N) is 1. The third-order valence-corrected chi connectivity index (χ3v) is 0.524. The van der Waals surface area contributed by atoms with Crippen molar-refractivity contribution in [2.75, 3.05) is 6.54 Å². The quantitative estimate of drug-likeness (QED) is 0.338. The fraction of sp³-hybridized carbons (Fsp3) is 0.500. The highest BCUT2D eigenvalue weighted by Gasteiger charge is 1.92. The molecular weight excluding hydrogens is 109 g/mol. The highest BCUT2D eigenvalue weighted by atomic mass is 19.1. The molecule has 4 heteroatoms. The van der Waals surface area contributed by atoms with Gasteiger partial charge >= 0.3 is 0 Å². The van der Waals surface area contributed by atoms with Crippen molar-refractivity contribution in [3.63, 3.8) is 0 Å². The molecule has 0 aromatic carbocycles. The van der Waals surface area contributed by atoms with E-state index in [9.17, 15) is 4.39 Å². The Morgan fingerprint density at radius 2 is 2.38 bits per heavy atom. The number of halogens is 1. The molecule has 0 heterocycles. The van der Waals surface area contributed by atoms with Crippen LogP contribution in [0.2, 0.25) is 0 Å². The molecular formula is C4H10FN3. The maximum atomic E-state index is 11.6. The van der Waals surface area contributed by atoms with Gasteiger partial charge in [-0.05, 0) is 0 Å². The molecule has 0 aliphatic heterocycles. The molecule has 0 aliphatic rings. The molecule has 0 aliphatic carbocycles. The second-order valence-electron chi connectivity index (χ2n) is 1.44. The minimum atomic E-state index is -1.50. The average molecular weight is 119 g/mol. The third kappa shape index (κ3) is 5.39. The summed E-state index contributed by atoms with van der Waals surface area (Å²) < 4.78 is 11.6. The minimum absolute atomic E-state index is 0.220. The third-order valence-electron chi connectivity index (χ3n) is 0.524. The van der Waals surface area contributed by atoms with Crippen molar-refractivity contribution in [1.29, 1.82) is 0 Å². The Balaban J connectivity index is 3.05. The normalized spacial score (nSPS) is 13.2. The molecule has 1 unspecified atom stereocenters. The lowest BCUT2D eigenvalue weighted by molar-refractivity contribution is 0.290. The zero-order valence-corrected chi connectivity index (χ0v) is 4.52. The summed E-state index contributed by atoms with van der Waals surface area (Å²) in [5.74, 6) is 0. The Morgan fingerprint density at radius 3 is 2.50 bits per heavy atom. The molecule has 0 aromatic heterocycles. The number of hydrogen-bond donors (Lipinski definition) is 3. The first kappa shape index (κ1) is 7.39. The molecule has 0 bridgehead atoms. The summed E-state index contributed by atoms with van der Waals surface area (Å²) in [5.41, 5.74) is 10.1. The second-order valence-corrected chi connectivity index (χ2v) is 1.44. The van der Waals surface area contributed by atoms with Gasteiger partial charge in [-0.25, -0.2) is 4.39 Å². The van der Waals surface area contributed by atoms with Crippen LogP contribution in [0.25, 0.3) is 0 Å². The molecule has 0 saturated carbocycles. The van der Waals surface area contributed by atoms with E-state index in [0.29, 0.717) is 5.70 Å². The van der Waals surface area contributed by atoms with E-state index in [1.54, 1.807) is 0 Å².